The van der Waals surface area contributed by atoms with E-state index in [0.29, 0.717) is 0 Å². The number of nitrogen functional groups attached to an aromatic ring is 1. The van der Waals surface area contributed by atoms with Crippen LogP contribution in [0.5, 0.6) is 0 Å². The molecule has 2 unspecified atom stereocenters. The van der Waals surface area contributed by atoms with Crippen molar-refractivity contribution >= 4 is 24.8 Å². The van der Waals surface area contributed by atoms with Crippen LogP contribution in [0.4, 0.5) is 5.82 Å². The summed E-state index contributed by atoms with van der Waals surface area (Å²) in [6.45, 7) is -0.657. The summed E-state index contributed by atoms with van der Waals surface area (Å²) in [4.78, 5) is 31.0. The maximum Gasteiger partial charge on any atom is 1.00 e. The van der Waals surface area contributed by atoms with Crippen LogP contribution in [0.3, 0.4) is 0 Å². The summed E-state index contributed by atoms with van der Waals surface area (Å²) in [6.07, 6.45) is -2.62. The summed E-state index contributed by atoms with van der Waals surface area (Å²) >= 11 is 0. The summed E-state index contributed by atoms with van der Waals surface area (Å²) in [5, 5.41) is 20.0. The average molecular weight is 401 g/mol. The number of phosphoric acid groups is 1. The summed E-state index contributed by atoms with van der Waals surface area (Å²) in [7, 11) is -4.97. The molecule has 2 aromatic rings. The van der Waals surface area contributed by atoms with Gasteiger partial charge in [0.25, 0.3) is 7.82 Å². The van der Waals surface area contributed by atoms with Crippen molar-refractivity contribution in [3.63, 3.8) is 0 Å². The van der Waals surface area contributed by atoms with Gasteiger partial charge >= 0.3 is 51.4 Å². The normalized spacial score (nSPS) is 28.2. The number of imidazole rings is 1. The van der Waals surface area contributed by atoms with E-state index in [0.717, 1.165) is 0 Å². The first-order chi connectivity index (χ1) is 10.8. The molecule has 5 atom stereocenters. The smallest absolute Gasteiger partial charge is 0.756 e. The molecular formula is C11H17KN5O7P. The average Bonchev–Trinajstić information content (AvgIpc) is 3.01. The van der Waals surface area contributed by atoms with Crippen molar-refractivity contribution in [3.8, 4) is 0 Å². The van der Waals surface area contributed by atoms with E-state index >= 15 is 0 Å². The van der Waals surface area contributed by atoms with E-state index in [1.807, 2.05) is 0 Å². The second-order valence-electron chi connectivity index (χ2n) is 4.89. The Balaban J connectivity index is 0.00000156. The molecule has 0 aliphatic carbocycles. The fourth-order valence-corrected chi connectivity index (χ4v) is 2.66. The first kappa shape index (κ1) is 23.0. The second-order valence-corrected chi connectivity index (χ2v) is 6.09. The summed E-state index contributed by atoms with van der Waals surface area (Å²) < 4.78 is 21.5. The molecule has 0 saturated carbocycles. The zero-order chi connectivity index (χ0) is 16.8. The fraction of sp³-hybridized carbons (Fsp3) is 0.545. The van der Waals surface area contributed by atoms with E-state index in [4.69, 9.17) is 15.4 Å². The number of fused-ring (bicyclic) bond motifs is 1. The Morgan fingerprint density at radius 2 is 2.04 bits per heavy atom. The maximum atomic E-state index is 10.6. The Hall–Kier alpha value is -0.0236. The molecule has 12 nitrogen and oxygen atoms in total. The number of aliphatic hydroxyl groups is 2. The standard InChI is InChI=1S/C10H14N5O7P.CH4.K/c11-8-5-9(13-2-12-8)15(3-14-5)10-7(17)6(16)4(22-10)1-21-23(18,19)20;;/h2-4,6-7,10,16-17H,1H2,(H2,11,12,13)(H2,18,19,20);1H4;/q;;+1/p-1/t4-,6?,7+,10-;;/m1../s1. The predicted molar refractivity (Wildman–Crippen MR) is 78.2 cm³/mol. The number of aliphatic hydroxyl groups excluding tert-OH is 2. The van der Waals surface area contributed by atoms with Gasteiger partial charge in [-0.25, -0.2) is 15.0 Å². The Bertz CT molecular complexity index is 770. The molecule has 0 bridgehead atoms. The number of anilines is 1. The first-order valence-corrected chi connectivity index (χ1v) is 7.90. The van der Waals surface area contributed by atoms with Gasteiger partial charge in [0.15, 0.2) is 17.7 Å². The third-order valence-electron chi connectivity index (χ3n) is 3.40. The number of rotatable bonds is 4. The molecule has 1 fully saturated rings. The molecular weight excluding hydrogens is 384 g/mol. The van der Waals surface area contributed by atoms with Crippen molar-refractivity contribution in [1.82, 2.24) is 19.5 Å². The number of hydrogen-bond acceptors (Lipinski definition) is 10. The molecule has 14 heteroatoms. The summed E-state index contributed by atoms with van der Waals surface area (Å²) in [6, 6.07) is 0. The van der Waals surface area contributed by atoms with Crippen molar-refractivity contribution in [2.75, 3.05) is 12.3 Å². The van der Waals surface area contributed by atoms with E-state index in [2.05, 4.69) is 19.5 Å². The molecule has 2 aromatic heterocycles. The number of nitrogens with zero attached hydrogens (tertiary/aromatic N) is 4. The minimum absolute atomic E-state index is 0. The van der Waals surface area contributed by atoms with Crippen molar-refractivity contribution in [3.05, 3.63) is 12.7 Å². The topological polar surface area (TPSA) is 189 Å². The summed E-state index contributed by atoms with van der Waals surface area (Å²) in [5.74, 6) is 0.134. The van der Waals surface area contributed by atoms with Gasteiger partial charge in [-0.2, -0.15) is 0 Å². The van der Waals surface area contributed by atoms with Gasteiger partial charge in [0, 0.05) is 0 Å². The zero-order valence-electron chi connectivity index (χ0n) is 12.5. The van der Waals surface area contributed by atoms with Gasteiger partial charge in [-0.15, -0.1) is 0 Å². The molecule has 0 spiro atoms. The van der Waals surface area contributed by atoms with Crippen molar-refractivity contribution < 1.29 is 85.2 Å². The molecule has 25 heavy (non-hydrogen) atoms. The van der Waals surface area contributed by atoms with Gasteiger partial charge in [-0.05, 0) is 0 Å². The molecule has 0 amide bonds. The van der Waals surface area contributed by atoms with Crippen molar-refractivity contribution in [2.45, 2.75) is 32.0 Å². The first-order valence-electron chi connectivity index (χ1n) is 6.41. The van der Waals surface area contributed by atoms with Gasteiger partial charge in [0.2, 0.25) is 0 Å². The van der Waals surface area contributed by atoms with Crippen molar-refractivity contribution in [2.24, 2.45) is 0 Å². The van der Waals surface area contributed by atoms with Crippen LogP contribution in [0.25, 0.3) is 11.2 Å². The van der Waals surface area contributed by atoms with Crippen LogP contribution in [0, 0.1) is 0 Å². The minimum Gasteiger partial charge on any atom is -0.756 e. The van der Waals surface area contributed by atoms with E-state index in [-0.39, 0.29) is 75.8 Å². The van der Waals surface area contributed by atoms with Gasteiger partial charge in [-0.1, -0.05) is 7.43 Å². The molecule has 0 radical (unpaired) electrons. The number of aromatic nitrogens is 4. The zero-order valence-corrected chi connectivity index (χ0v) is 16.5. The predicted octanol–water partition coefficient (Wildman–Crippen LogP) is -4.85. The Kier molecular flexibility index (Phi) is 8.08. The third-order valence-corrected chi connectivity index (χ3v) is 3.88. The van der Waals surface area contributed by atoms with Crippen LogP contribution < -0.4 is 62.0 Å². The van der Waals surface area contributed by atoms with Crippen LogP contribution in [0.2, 0.25) is 0 Å². The molecule has 1 aliphatic heterocycles. The Labute approximate surface area is 185 Å². The SMILES string of the molecule is C.Nc1ncnc2c1ncn2[C@@H]1O[C@H](COP(=O)([O-])O)C(O)[C@@H]1O.[K+]. The molecule has 1 saturated heterocycles. The Morgan fingerprint density at radius 1 is 1.36 bits per heavy atom. The Morgan fingerprint density at radius 3 is 2.68 bits per heavy atom. The molecule has 5 N–H and O–H groups in total. The van der Waals surface area contributed by atoms with Crippen molar-refractivity contribution in [1.29, 1.82) is 0 Å². The largest absolute Gasteiger partial charge is 1.00 e. The van der Waals surface area contributed by atoms with E-state index in [9.17, 15) is 19.7 Å². The summed E-state index contributed by atoms with van der Waals surface area (Å²) in [5.41, 5.74) is 6.22. The van der Waals surface area contributed by atoms with Crippen LogP contribution >= 0.6 is 7.82 Å². The van der Waals surface area contributed by atoms with Gasteiger partial charge in [0.1, 0.15) is 30.2 Å². The number of phosphoric ester groups is 1. The fourth-order valence-electron chi connectivity index (χ4n) is 2.32. The van der Waals surface area contributed by atoms with Gasteiger partial charge < -0.3 is 35.0 Å². The molecule has 3 rings (SSSR count). The van der Waals surface area contributed by atoms with E-state index in [1.165, 1.54) is 17.2 Å². The molecule has 134 valence electrons. The van der Waals surface area contributed by atoms with Crippen LogP contribution in [-0.2, 0) is 13.8 Å². The molecule has 0 aromatic carbocycles. The number of ether oxygens (including phenoxy) is 1. The molecule has 3 heterocycles. The second kappa shape index (κ2) is 8.78. The molecule has 1 aliphatic rings. The quantitative estimate of drug-likeness (QED) is 0.284. The number of nitrogens with two attached hydrogens (primary N) is 1. The minimum atomic E-state index is -4.97. The maximum absolute atomic E-state index is 10.6. The monoisotopic (exact) mass is 401 g/mol. The number of hydrogen-bond donors (Lipinski definition) is 4. The van der Waals surface area contributed by atoms with Crippen LogP contribution in [0.15, 0.2) is 12.7 Å². The van der Waals surface area contributed by atoms with Gasteiger partial charge in [0.05, 0.1) is 12.9 Å². The van der Waals surface area contributed by atoms with Crippen LogP contribution in [-0.4, -0.2) is 59.5 Å². The third kappa shape index (κ3) is 4.83. The van der Waals surface area contributed by atoms with E-state index in [1.54, 1.807) is 0 Å². The van der Waals surface area contributed by atoms with Crippen LogP contribution in [0.1, 0.15) is 13.7 Å². The van der Waals surface area contributed by atoms with Gasteiger partial charge in [-0.3, -0.25) is 9.13 Å². The van der Waals surface area contributed by atoms with E-state index < -0.39 is 39.0 Å².